The highest BCUT2D eigenvalue weighted by Gasteiger charge is 2.22. The van der Waals surface area contributed by atoms with Crippen LogP contribution in [0.25, 0.3) is 0 Å². The molecule has 1 aliphatic heterocycles. The minimum Gasteiger partial charge on any atom is -0.375 e. The molecule has 1 heterocycles. The van der Waals surface area contributed by atoms with E-state index in [2.05, 4.69) is 38.8 Å². The van der Waals surface area contributed by atoms with Gasteiger partial charge in [0.15, 0.2) is 0 Å². The summed E-state index contributed by atoms with van der Waals surface area (Å²) in [5.41, 5.74) is 1.51. The molecule has 0 aliphatic carbocycles. The normalized spacial score (nSPS) is 36.4. The standard InChI is InChI=1S/C10H19N/c1-5-10-7-8(2)6-9(3)11(10)4/h5,8-9H,6-7H2,1-4H3. The maximum Gasteiger partial charge on any atom is 0.0257 e. The quantitative estimate of drug-likeness (QED) is 0.517. The van der Waals surface area contributed by atoms with Crippen molar-refractivity contribution in [2.24, 2.45) is 5.92 Å². The van der Waals surface area contributed by atoms with Crippen LogP contribution >= 0.6 is 0 Å². The Morgan fingerprint density at radius 2 is 2.09 bits per heavy atom. The Hall–Kier alpha value is -0.460. The Morgan fingerprint density at radius 3 is 2.64 bits per heavy atom. The third kappa shape index (κ3) is 1.76. The van der Waals surface area contributed by atoms with Gasteiger partial charge < -0.3 is 4.90 Å². The zero-order chi connectivity index (χ0) is 8.43. The van der Waals surface area contributed by atoms with Crippen LogP contribution in [-0.4, -0.2) is 18.0 Å². The van der Waals surface area contributed by atoms with Crippen molar-refractivity contribution in [3.05, 3.63) is 11.8 Å². The summed E-state index contributed by atoms with van der Waals surface area (Å²) in [7, 11) is 2.20. The lowest BCUT2D eigenvalue weighted by atomic mass is 9.91. The van der Waals surface area contributed by atoms with E-state index in [1.807, 2.05) is 0 Å². The molecule has 0 bridgehead atoms. The van der Waals surface area contributed by atoms with Crippen LogP contribution < -0.4 is 0 Å². The Balaban J connectivity index is 2.67. The molecule has 2 unspecified atom stereocenters. The van der Waals surface area contributed by atoms with Gasteiger partial charge in [-0.2, -0.15) is 0 Å². The number of likely N-dealkylation sites (tertiary alicyclic amines) is 1. The monoisotopic (exact) mass is 153 g/mol. The topological polar surface area (TPSA) is 3.24 Å². The van der Waals surface area contributed by atoms with Crippen LogP contribution in [0, 0.1) is 5.92 Å². The van der Waals surface area contributed by atoms with Crippen molar-refractivity contribution in [1.29, 1.82) is 0 Å². The highest BCUT2D eigenvalue weighted by Crippen LogP contribution is 2.28. The van der Waals surface area contributed by atoms with Crippen LogP contribution in [0.1, 0.15) is 33.6 Å². The Labute approximate surface area is 70.1 Å². The number of nitrogens with zero attached hydrogens (tertiary/aromatic N) is 1. The molecule has 0 aromatic carbocycles. The Morgan fingerprint density at radius 1 is 1.45 bits per heavy atom. The fraction of sp³-hybridized carbons (Fsp3) is 0.800. The molecule has 1 aliphatic rings. The van der Waals surface area contributed by atoms with E-state index >= 15 is 0 Å². The van der Waals surface area contributed by atoms with Gasteiger partial charge in [0.1, 0.15) is 0 Å². The molecule has 1 heteroatoms. The van der Waals surface area contributed by atoms with E-state index in [1.54, 1.807) is 0 Å². The van der Waals surface area contributed by atoms with E-state index in [9.17, 15) is 0 Å². The van der Waals surface area contributed by atoms with E-state index in [0.29, 0.717) is 0 Å². The molecule has 1 rings (SSSR count). The number of rotatable bonds is 0. The van der Waals surface area contributed by atoms with Gasteiger partial charge in [0.2, 0.25) is 0 Å². The van der Waals surface area contributed by atoms with Crippen LogP contribution in [-0.2, 0) is 0 Å². The van der Waals surface area contributed by atoms with Crippen LogP contribution in [0.2, 0.25) is 0 Å². The van der Waals surface area contributed by atoms with E-state index in [0.717, 1.165) is 12.0 Å². The van der Waals surface area contributed by atoms with Crippen molar-refractivity contribution >= 4 is 0 Å². The molecule has 64 valence electrons. The first-order valence-electron chi connectivity index (χ1n) is 4.53. The second-order valence-corrected chi connectivity index (χ2v) is 3.78. The van der Waals surface area contributed by atoms with Crippen molar-refractivity contribution in [1.82, 2.24) is 4.90 Å². The molecule has 0 spiro atoms. The lowest BCUT2D eigenvalue weighted by molar-refractivity contribution is 0.214. The smallest absolute Gasteiger partial charge is 0.0257 e. The first-order valence-corrected chi connectivity index (χ1v) is 4.53. The number of hydrogen-bond acceptors (Lipinski definition) is 1. The highest BCUT2D eigenvalue weighted by molar-refractivity contribution is 5.04. The van der Waals surface area contributed by atoms with Gasteiger partial charge in [-0.1, -0.05) is 13.0 Å². The maximum absolute atomic E-state index is 2.40. The molecule has 0 amide bonds. The molecule has 0 aromatic rings. The van der Waals surface area contributed by atoms with E-state index in [-0.39, 0.29) is 0 Å². The van der Waals surface area contributed by atoms with Gasteiger partial charge in [-0.3, -0.25) is 0 Å². The van der Waals surface area contributed by atoms with Crippen molar-refractivity contribution in [2.45, 2.75) is 39.7 Å². The van der Waals surface area contributed by atoms with Gasteiger partial charge in [-0.25, -0.2) is 0 Å². The molecule has 0 saturated carbocycles. The van der Waals surface area contributed by atoms with Gasteiger partial charge in [-0.15, -0.1) is 0 Å². The van der Waals surface area contributed by atoms with Gasteiger partial charge in [0.25, 0.3) is 0 Å². The average Bonchev–Trinajstić information content (AvgIpc) is 1.96. The molecule has 1 saturated heterocycles. The minimum absolute atomic E-state index is 0.727. The molecule has 2 atom stereocenters. The third-order valence-corrected chi connectivity index (χ3v) is 2.75. The summed E-state index contributed by atoms with van der Waals surface area (Å²) < 4.78 is 0. The van der Waals surface area contributed by atoms with Crippen LogP contribution in [0.15, 0.2) is 11.8 Å². The Bertz CT molecular complexity index is 160. The zero-order valence-electron chi connectivity index (χ0n) is 8.09. The Kier molecular flexibility index (Phi) is 2.58. The molecule has 1 fully saturated rings. The summed E-state index contributed by atoms with van der Waals surface area (Å²) in [6.45, 7) is 6.78. The van der Waals surface area contributed by atoms with Crippen molar-refractivity contribution < 1.29 is 0 Å². The molecule has 0 aromatic heterocycles. The largest absolute Gasteiger partial charge is 0.375 e. The molecular formula is C10H19N. The fourth-order valence-electron chi connectivity index (χ4n) is 1.93. The van der Waals surface area contributed by atoms with Gasteiger partial charge in [0.05, 0.1) is 0 Å². The first-order chi connectivity index (χ1) is 5.15. The van der Waals surface area contributed by atoms with Gasteiger partial charge >= 0.3 is 0 Å². The summed E-state index contributed by atoms with van der Waals surface area (Å²) in [6, 6.07) is 0.727. The lowest BCUT2D eigenvalue weighted by Gasteiger charge is -2.37. The van der Waals surface area contributed by atoms with Crippen molar-refractivity contribution in [3.63, 3.8) is 0 Å². The fourth-order valence-corrected chi connectivity index (χ4v) is 1.93. The first kappa shape index (κ1) is 8.63. The second kappa shape index (κ2) is 3.29. The zero-order valence-corrected chi connectivity index (χ0v) is 8.09. The second-order valence-electron chi connectivity index (χ2n) is 3.78. The van der Waals surface area contributed by atoms with Crippen molar-refractivity contribution in [3.8, 4) is 0 Å². The minimum atomic E-state index is 0.727. The molecule has 11 heavy (non-hydrogen) atoms. The number of allylic oxidation sites excluding steroid dienone is 2. The summed E-state index contributed by atoms with van der Waals surface area (Å²) in [4.78, 5) is 2.40. The molecule has 0 radical (unpaired) electrons. The predicted octanol–water partition coefficient (Wildman–Crippen LogP) is 2.64. The molecule has 1 nitrogen and oxygen atoms in total. The highest BCUT2D eigenvalue weighted by atomic mass is 15.1. The predicted molar refractivity (Wildman–Crippen MR) is 49.4 cm³/mol. The van der Waals surface area contributed by atoms with Crippen molar-refractivity contribution in [2.75, 3.05) is 7.05 Å². The maximum atomic E-state index is 2.40. The van der Waals surface area contributed by atoms with E-state index in [4.69, 9.17) is 0 Å². The summed E-state index contributed by atoms with van der Waals surface area (Å²) in [5.74, 6) is 0.868. The summed E-state index contributed by atoms with van der Waals surface area (Å²) >= 11 is 0. The van der Waals surface area contributed by atoms with Crippen LogP contribution in [0.3, 0.4) is 0 Å². The summed E-state index contributed by atoms with van der Waals surface area (Å²) in [5, 5.41) is 0. The SMILES string of the molecule is CC=C1CC(C)CC(C)N1C. The van der Waals surface area contributed by atoms with E-state index in [1.165, 1.54) is 18.5 Å². The van der Waals surface area contributed by atoms with Crippen LogP contribution in [0.4, 0.5) is 0 Å². The third-order valence-electron chi connectivity index (χ3n) is 2.75. The number of hydrogen-bond donors (Lipinski definition) is 0. The molecule has 0 N–H and O–H groups in total. The van der Waals surface area contributed by atoms with Gasteiger partial charge in [0, 0.05) is 18.8 Å². The van der Waals surface area contributed by atoms with Crippen LogP contribution in [0.5, 0.6) is 0 Å². The number of piperidine rings is 1. The van der Waals surface area contributed by atoms with E-state index < -0.39 is 0 Å². The lowest BCUT2D eigenvalue weighted by Crippen LogP contribution is -2.35. The van der Waals surface area contributed by atoms with Gasteiger partial charge in [-0.05, 0) is 32.6 Å². The summed E-state index contributed by atoms with van der Waals surface area (Å²) in [6.07, 6.45) is 4.84. The molecular weight excluding hydrogens is 134 g/mol. The average molecular weight is 153 g/mol.